The number of carbonyl (C=O) groups is 1. The maximum atomic E-state index is 13.4. The Hall–Kier alpha value is -2.66. The molecular weight excluding hydrogens is 331 g/mol. The van der Waals surface area contributed by atoms with Crippen molar-refractivity contribution >= 4 is 16.9 Å². The lowest BCUT2D eigenvalue weighted by atomic mass is 9.89. The van der Waals surface area contributed by atoms with Gasteiger partial charge >= 0.3 is 5.97 Å². The summed E-state index contributed by atoms with van der Waals surface area (Å²) in [6, 6.07) is 12.1. The first-order valence-corrected chi connectivity index (χ1v) is 8.91. The fourth-order valence-corrected chi connectivity index (χ4v) is 3.92. The molecule has 1 aliphatic heterocycles. The molecule has 2 heterocycles. The van der Waals surface area contributed by atoms with Crippen LogP contribution in [-0.4, -0.2) is 34.0 Å². The minimum atomic E-state index is -0.888. The third kappa shape index (κ3) is 3.35. The van der Waals surface area contributed by atoms with E-state index >= 15 is 0 Å². The largest absolute Gasteiger partial charge is 0.478 e. The molecule has 4 rings (SSSR count). The van der Waals surface area contributed by atoms with Crippen molar-refractivity contribution in [2.45, 2.75) is 25.3 Å². The van der Waals surface area contributed by atoms with Gasteiger partial charge in [-0.1, -0.05) is 12.1 Å². The number of rotatable bonds is 4. The van der Waals surface area contributed by atoms with E-state index in [0.29, 0.717) is 11.5 Å². The molecule has 0 amide bonds. The van der Waals surface area contributed by atoms with Crippen molar-refractivity contribution in [1.82, 2.24) is 9.88 Å². The molecule has 5 heteroatoms. The number of nitrogens with one attached hydrogen (secondary N) is 1. The first kappa shape index (κ1) is 16.8. The van der Waals surface area contributed by atoms with E-state index in [0.717, 1.165) is 48.9 Å². The first-order chi connectivity index (χ1) is 12.6. The van der Waals surface area contributed by atoms with E-state index in [1.54, 1.807) is 24.3 Å². The topological polar surface area (TPSA) is 56.3 Å². The summed E-state index contributed by atoms with van der Waals surface area (Å²) in [5.41, 5.74) is 3.50. The van der Waals surface area contributed by atoms with Gasteiger partial charge in [-0.15, -0.1) is 0 Å². The maximum absolute atomic E-state index is 13.4. The summed E-state index contributed by atoms with van der Waals surface area (Å²) >= 11 is 0. The van der Waals surface area contributed by atoms with Crippen LogP contribution in [0.2, 0.25) is 0 Å². The Bertz CT molecular complexity index is 942. The van der Waals surface area contributed by atoms with Crippen LogP contribution in [0.4, 0.5) is 4.39 Å². The van der Waals surface area contributed by atoms with Crippen molar-refractivity contribution in [3.8, 4) is 0 Å². The van der Waals surface area contributed by atoms with Gasteiger partial charge in [0.05, 0.1) is 5.56 Å². The van der Waals surface area contributed by atoms with Crippen molar-refractivity contribution in [1.29, 1.82) is 0 Å². The molecule has 0 saturated carbocycles. The molecule has 3 aromatic rings. The number of hydrogen-bond donors (Lipinski definition) is 2. The fourth-order valence-electron chi connectivity index (χ4n) is 3.92. The second-order valence-corrected chi connectivity index (χ2v) is 6.99. The van der Waals surface area contributed by atoms with Gasteiger partial charge in [0.15, 0.2) is 0 Å². The number of carboxylic acids is 1. The number of piperidine rings is 1. The number of H-pyrrole nitrogens is 1. The number of aromatic nitrogens is 1. The zero-order valence-electron chi connectivity index (χ0n) is 14.4. The summed E-state index contributed by atoms with van der Waals surface area (Å²) < 4.78 is 13.4. The van der Waals surface area contributed by atoms with Crippen LogP contribution in [0.1, 0.15) is 40.2 Å². The van der Waals surface area contributed by atoms with E-state index < -0.39 is 5.97 Å². The molecule has 2 aromatic carbocycles. The molecule has 0 atom stereocenters. The Morgan fingerprint density at radius 3 is 2.77 bits per heavy atom. The van der Waals surface area contributed by atoms with E-state index in [1.807, 2.05) is 18.3 Å². The molecule has 0 bridgehead atoms. The first-order valence-electron chi connectivity index (χ1n) is 8.91. The number of benzene rings is 2. The highest BCUT2D eigenvalue weighted by Crippen LogP contribution is 2.33. The van der Waals surface area contributed by atoms with Gasteiger partial charge in [-0.25, -0.2) is 9.18 Å². The molecule has 1 aromatic heterocycles. The lowest BCUT2D eigenvalue weighted by Gasteiger charge is -2.32. The average Bonchev–Trinajstić information content (AvgIpc) is 3.05. The Balaban J connectivity index is 1.42. The highest BCUT2D eigenvalue weighted by molar-refractivity contribution is 5.87. The van der Waals surface area contributed by atoms with Crippen molar-refractivity contribution in [2.75, 3.05) is 13.1 Å². The summed E-state index contributed by atoms with van der Waals surface area (Å²) in [4.78, 5) is 16.7. The van der Waals surface area contributed by atoms with E-state index in [4.69, 9.17) is 5.11 Å². The lowest BCUT2D eigenvalue weighted by molar-refractivity contribution is 0.0696. The molecule has 1 saturated heterocycles. The number of likely N-dealkylation sites (tertiary alicyclic amines) is 1. The summed E-state index contributed by atoms with van der Waals surface area (Å²) in [5, 5.41) is 10.2. The Morgan fingerprint density at radius 1 is 1.19 bits per heavy atom. The number of aromatic carboxylic acids is 1. The lowest BCUT2D eigenvalue weighted by Crippen LogP contribution is -2.32. The van der Waals surface area contributed by atoms with Crippen LogP contribution in [0.15, 0.2) is 48.7 Å². The quantitative estimate of drug-likeness (QED) is 0.732. The molecule has 26 heavy (non-hydrogen) atoms. The molecule has 0 aliphatic carbocycles. The maximum Gasteiger partial charge on any atom is 0.335 e. The van der Waals surface area contributed by atoms with Gasteiger partial charge in [0, 0.05) is 23.6 Å². The molecule has 0 radical (unpaired) electrons. The molecule has 1 fully saturated rings. The molecule has 134 valence electrons. The normalized spacial score (nSPS) is 16.2. The highest BCUT2D eigenvalue weighted by atomic mass is 19.1. The van der Waals surface area contributed by atoms with Crippen LogP contribution in [0.3, 0.4) is 0 Å². The average molecular weight is 352 g/mol. The predicted molar refractivity (Wildman–Crippen MR) is 98.9 cm³/mol. The Labute approximate surface area is 151 Å². The van der Waals surface area contributed by atoms with Crippen LogP contribution in [0.5, 0.6) is 0 Å². The summed E-state index contributed by atoms with van der Waals surface area (Å²) in [6.07, 6.45) is 4.10. The second kappa shape index (κ2) is 6.92. The third-order valence-electron chi connectivity index (χ3n) is 5.28. The van der Waals surface area contributed by atoms with E-state index in [2.05, 4.69) is 9.88 Å². The van der Waals surface area contributed by atoms with Gasteiger partial charge in [0.1, 0.15) is 5.82 Å². The van der Waals surface area contributed by atoms with Gasteiger partial charge in [0.25, 0.3) is 0 Å². The number of carboxylic acid groups (broad SMARTS) is 1. The number of aromatic amines is 1. The molecule has 2 N–H and O–H groups in total. The number of hydrogen-bond acceptors (Lipinski definition) is 2. The fraction of sp³-hybridized carbons (Fsp3) is 0.286. The van der Waals surface area contributed by atoms with Gasteiger partial charge in [0.2, 0.25) is 0 Å². The van der Waals surface area contributed by atoms with Crippen LogP contribution >= 0.6 is 0 Å². The highest BCUT2D eigenvalue weighted by Gasteiger charge is 2.23. The molecule has 0 unspecified atom stereocenters. The predicted octanol–water partition coefficient (Wildman–Crippen LogP) is 4.38. The summed E-state index contributed by atoms with van der Waals surface area (Å²) in [7, 11) is 0. The van der Waals surface area contributed by atoms with Crippen molar-refractivity contribution in [2.24, 2.45) is 0 Å². The van der Waals surface area contributed by atoms with Gasteiger partial charge in [-0.2, -0.15) is 0 Å². The van der Waals surface area contributed by atoms with Gasteiger partial charge < -0.3 is 10.1 Å². The monoisotopic (exact) mass is 352 g/mol. The molecule has 4 nitrogen and oxygen atoms in total. The zero-order chi connectivity index (χ0) is 18.1. The standard InChI is InChI=1S/C21H21FN2O2/c22-17-4-5-18-19(12-23-20(18)11-17)15-6-8-24(9-7-15)13-14-2-1-3-16(10-14)21(25)26/h1-5,10-12,15,23H,6-9,13H2,(H,25,26). The summed E-state index contributed by atoms with van der Waals surface area (Å²) in [6.45, 7) is 2.71. The molecular formula is C21H21FN2O2. The summed E-state index contributed by atoms with van der Waals surface area (Å²) in [5.74, 6) is -0.638. The van der Waals surface area contributed by atoms with Gasteiger partial charge in [-0.05, 0) is 73.3 Å². The number of nitrogens with zero attached hydrogens (tertiary/aromatic N) is 1. The Kier molecular flexibility index (Phi) is 4.47. The smallest absolute Gasteiger partial charge is 0.335 e. The molecule has 0 spiro atoms. The number of fused-ring (bicyclic) bond motifs is 1. The van der Waals surface area contributed by atoms with Crippen molar-refractivity contribution in [3.63, 3.8) is 0 Å². The third-order valence-corrected chi connectivity index (χ3v) is 5.28. The van der Waals surface area contributed by atoms with E-state index in [1.165, 1.54) is 11.6 Å². The Morgan fingerprint density at radius 2 is 2.00 bits per heavy atom. The SMILES string of the molecule is O=C(O)c1cccc(CN2CCC(c3c[nH]c4cc(F)ccc34)CC2)c1. The minimum Gasteiger partial charge on any atom is -0.478 e. The minimum absolute atomic E-state index is 0.218. The second-order valence-electron chi connectivity index (χ2n) is 6.99. The van der Waals surface area contributed by atoms with Crippen LogP contribution in [0.25, 0.3) is 10.9 Å². The van der Waals surface area contributed by atoms with Crippen LogP contribution in [0, 0.1) is 5.82 Å². The van der Waals surface area contributed by atoms with Crippen LogP contribution in [-0.2, 0) is 6.54 Å². The van der Waals surface area contributed by atoms with E-state index in [-0.39, 0.29) is 5.82 Å². The van der Waals surface area contributed by atoms with Crippen LogP contribution < -0.4 is 0 Å². The van der Waals surface area contributed by atoms with Crippen molar-refractivity contribution in [3.05, 3.63) is 71.2 Å². The van der Waals surface area contributed by atoms with Crippen molar-refractivity contribution < 1.29 is 14.3 Å². The van der Waals surface area contributed by atoms with E-state index in [9.17, 15) is 9.18 Å². The number of halogens is 1. The zero-order valence-corrected chi connectivity index (χ0v) is 14.4. The van der Waals surface area contributed by atoms with Gasteiger partial charge in [-0.3, -0.25) is 4.90 Å². The molecule has 1 aliphatic rings.